The van der Waals surface area contributed by atoms with Crippen molar-refractivity contribution in [2.45, 2.75) is 18.9 Å². The first-order valence-electron chi connectivity index (χ1n) is 8.08. The Kier molecular flexibility index (Phi) is 5.15. The summed E-state index contributed by atoms with van der Waals surface area (Å²) in [5, 5.41) is 8.02. The highest BCUT2D eigenvalue weighted by Gasteiger charge is 2.37. The van der Waals surface area contributed by atoms with Gasteiger partial charge in [0.2, 0.25) is 5.91 Å². The van der Waals surface area contributed by atoms with E-state index in [1.54, 1.807) is 18.4 Å². The van der Waals surface area contributed by atoms with Crippen LogP contribution in [-0.4, -0.2) is 25.0 Å². The Labute approximate surface area is 140 Å². The number of hydrogen-bond acceptors (Lipinski definition) is 3. The van der Waals surface area contributed by atoms with Gasteiger partial charge < -0.3 is 20.4 Å². The van der Waals surface area contributed by atoms with Gasteiger partial charge in [0.25, 0.3) is 0 Å². The Balaban J connectivity index is 1.29. The number of furan rings is 1. The maximum absolute atomic E-state index is 11.8. The maximum Gasteiger partial charge on any atom is 0.315 e. The summed E-state index contributed by atoms with van der Waals surface area (Å²) in [6, 6.07) is 13.5. The standard InChI is InChI=1S/C18H21N3O3/c22-17(12-21-18(23)20-11-15-7-4-8-24-15)19-10-14-9-16(14)13-5-2-1-3-6-13/h1-8,14,16H,9-12H2,(H,19,22)(H2,20,21,23)/t14-,16+/m0/s1. The van der Waals surface area contributed by atoms with Crippen LogP contribution in [-0.2, 0) is 11.3 Å². The maximum atomic E-state index is 11.8. The van der Waals surface area contributed by atoms with Crippen molar-refractivity contribution in [2.75, 3.05) is 13.1 Å². The normalized spacial score (nSPS) is 18.7. The second kappa shape index (κ2) is 7.68. The minimum Gasteiger partial charge on any atom is -0.467 e. The lowest BCUT2D eigenvalue weighted by Crippen LogP contribution is -2.42. The van der Waals surface area contributed by atoms with Crippen LogP contribution in [0.3, 0.4) is 0 Å². The van der Waals surface area contributed by atoms with E-state index >= 15 is 0 Å². The predicted octanol–water partition coefficient (Wildman–Crippen LogP) is 2.00. The fourth-order valence-corrected chi connectivity index (χ4v) is 2.69. The lowest BCUT2D eigenvalue weighted by Gasteiger charge is -2.07. The fourth-order valence-electron chi connectivity index (χ4n) is 2.69. The summed E-state index contributed by atoms with van der Waals surface area (Å²) in [4.78, 5) is 23.4. The van der Waals surface area contributed by atoms with Crippen LogP contribution in [0.5, 0.6) is 0 Å². The van der Waals surface area contributed by atoms with E-state index in [1.807, 2.05) is 18.2 Å². The highest BCUT2D eigenvalue weighted by Crippen LogP contribution is 2.46. The second-order valence-corrected chi connectivity index (χ2v) is 5.93. The van der Waals surface area contributed by atoms with Gasteiger partial charge in [0, 0.05) is 6.54 Å². The first kappa shape index (κ1) is 16.1. The number of urea groups is 1. The average Bonchev–Trinajstić information content (AvgIpc) is 3.20. The van der Waals surface area contributed by atoms with E-state index in [-0.39, 0.29) is 12.5 Å². The molecule has 2 atom stereocenters. The van der Waals surface area contributed by atoms with Gasteiger partial charge in [0.1, 0.15) is 5.76 Å². The second-order valence-electron chi connectivity index (χ2n) is 5.93. The molecular formula is C18H21N3O3. The molecule has 2 aromatic rings. The molecule has 0 unspecified atom stereocenters. The molecule has 1 heterocycles. The van der Waals surface area contributed by atoms with Crippen LogP contribution < -0.4 is 16.0 Å². The van der Waals surface area contributed by atoms with E-state index in [0.717, 1.165) is 6.42 Å². The summed E-state index contributed by atoms with van der Waals surface area (Å²) in [5.41, 5.74) is 1.33. The topological polar surface area (TPSA) is 83.4 Å². The highest BCUT2D eigenvalue weighted by atomic mass is 16.3. The molecule has 0 aliphatic heterocycles. The molecule has 0 saturated heterocycles. The molecule has 1 aromatic heterocycles. The number of benzene rings is 1. The van der Waals surface area contributed by atoms with Crippen LogP contribution in [0, 0.1) is 5.92 Å². The van der Waals surface area contributed by atoms with E-state index in [2.05, 4.69) is 28.1 Å². The molecule has 1 aliphatic carbocycles. The molecule has 6 heteroatoms. The molecule has 0 bridgehead atoms. The molecule has 0 radical (unpaired) electrons. The molecular weight excluding hydrogens is 306 g/mol. The third-order valence-corrected chi connectivity index (χ3v) is 4.12. The van der Waals surface area contributed by atoms with E-state index < -0.39 is 6.03 Å². The first-order valence-corrected chi connectivity index (χ1v) is 8.08. The minimum absolute atomic E-state index is 0.0350. The number of carbonyl (C=O) groups is 2. The van der Waals surface area contributed by atoms with Gasteiger partial charge in [-0.2, -0.15) is 0 Å². The number of rotatable bonds is 7. The Morgan fingerprint density at radius 3 is 2.62 bits per heavy atom. The molecule has 3 amide bonds. The summed E-state index contributed by atoms with van der Waals surface area (Å²) in [6.07, 6.45) is 2.64. The van der Waals surface area contributed by atoms with Crippen molar-refractivity contribution in [3.05, 3.63) is 60.1 Å². The molecule has 1 fully saturated rings. The van der Waals surface area contributed by atoms with Crippen LogP contribution in [0.1, 0.15) is 23.7 Å². The quantitative estimate of drug-likeness (QED) is 0.727. The summed E-state index contributed by atoms with van der Waals surface area (Å²) in [7, 11) is 0. The lowest BCUT2D eigenvalue weighted by atomic mass is 10.1. The number of carbonyl (C=O) groups excluding carboxylic acids is 2. The third kappa shape index (κ3) is 4.62. The van der Waals surface area contributed by atoms with Crippen LogP contribution in [0.25, 0.3) is 0 Å². The largest absolute Gasteiger partial charge is 0.467 e. The van der Waals surface area contributed by atoms with Crippen molar-refractivity contribution in [2.24, 2.45) is 5.92 Å². The molecule has 24 heavy (non-hydrogen) atoms. The smallest absolute Gasteiger partial charge is 0.315 e. The zero-order chi connectivity index (χ0) is 16.8. The lowest BCUT2D eigenvalue weighted by molar-refractivity contribution is -0.120. The molecule has 1 aliphatic rings. The van der Waals surface area contributed by atoms with Gasteiger partial charge in [-0.1, -0.05) is 30.3 Å². The molecule has 0 spiro atoms. The Bertz CT molecular complexity index is 670. The Morgan fingerprint density at radius 1 is 1.04 bits per heavy atom. The summed E-state index contributed by atoms with van der Waals surface area (Å²) in [5.74, 6) is 1.51. The van der Waals surface area contributed by atoms with Gasteiger partial charge in [-0.3, -0.25) is 4.79 Å². The van der Waals surface area contributed by atoms with Gasteiger partial charge in [0.15, 0.2) is 0 Å². The Hall–Kier alpha value is -2.76. The predicted molar refractivity (Wildman–Crippen MR) is 89.2 cm³/mol. The van der Waals surface area contributed by atoms with Crippen LogP contribution in [0.2, 0.25) is 0 Å². The Morgan fingerprint density at radius 2 is 1.88 bits per heavy atom. The molecule has 1 aromatic carbocycles. The first-order chi connectivity index (χ1) is 11.7. The van der Waals surface area contributed by atoms with Gasteiger partial charge in [-0.05, 0) is 36.0 Å². The minimum atomic E-state index is -0.393. The monoisotopic (exact) mass is 327 g/mol. The number of nitrogens with one attached hydrogen (secondary N) is 3. The van der Waals surface area contributed by atoms with Gasteiger partial charge in [0.05, 0.1) is 19.4 Å². The SMILES string of the molecule is O=C(CNC(=O)NCc1ccco1)NC[C@@H]1C[C@@H]1c1ccccc1. The van der Waals surface area contributed by atoms with Crippen LogP contribution >= 0.6 is 0 Å². The molecule has 1 saturated carbocycles. The fraction of sp³-hybridized carbons (Fsp3) is 0.333. The van der Waals surface area contributed by atoms with Crippen molar-refractivity contribution in [1.29, 1.82) is 0 Å². The van der Waals surface area contributed by atoms with Crippen LogP contribution in [0.4, 0.5) is 4.79 Å². The van der Waals surface area contributed by atoms with Gasteiger partial charge >= 0.3 is 6.03 Å². The van der Waals surface area contributed by atoms with Crippen molar-refractivity contribution in [3.8, 4) is 0 Å². The van der Waals surface area contributed by atoms with Crippen molar-refractivity contribution in [1.82, 2.24) is 16.0 Å². The van der Waals surface area contributed by atoms with E-state index in [1.165, 1.54) is 5.56 Å². The van der Waals surface area contributed by atoms with Crippen molar-refractivity contribution in [3.63, 3.8) is 0 Å². The number of hydrogen-bond donors (Lipinski definition) is 3. The molecule has 3 rings (SSSR count). The molecule has 126 valence electrons. The number of amides is 3. The van der Waals surface area contributed by atoms with Crippen LogP contribution in [0.15, 0.2) is 53.1 Å². The average molecular weight is 327 g/mol. The molecule has 6 nitrogen and oxygen atoms in total. The summed E-state index contributed by atoms with van der Waals surface area (Å²) >= 11 is 0. The summed E-state index contributed by atoms with van der Waals surface area (Å²) < 4.78 is 5.11. The van der Waals surface area contributed by atoms with Crippen molar-refractivity contribution >= 4 is 11.9 Å². The van der Waals surface area contributed by atoms with Gasteiger partial charge in [-0.15, -0.1) is 0 Å². The summed E-state index contributed by atoms with van der Waals surface area (Å²) in [6.45, 7) is 0.905. The van der Waals surface area contributed by atoms with E-state index in [9.17, 15) is 9.59 Å². The zero-order valence-corrected chi connectivity index (χ0v) is 13.3. The third-order valence-electron chi connectivity index (χ3n) is 4.12. The van der Waals surface area contributed by atoms with Crippen molar-refractivity contribution < 1.29 is 14.0 Å². The van der Waals surface area contributed by atoms with Gasteiger partial charge in [-0.25, -0.2) is 4.79 Å². The molecule has 3 N–H and O–H groups in total. The van der Waals surface area contributed by atoms with E-state index in [0.29, 0.717) is 30.7 Å². The van der Waals surface area contributed by atoms with E-state index in [4.69, 9.17) is 4.42 Å². The highest BCUT2D eigenvalue weighted by molar-refractivity contribution is 5.83. The zero-order valence-electron chi connectivity index (χ0n) is 13.3.